The summed E-state index contributed by atoms with van der Waals surface area (Å²) in [5, 5.41) is 2.93. The second-order valence-corrected chi connectivity index (χ2v) is 4.62. The lowest BCUT2D eigenvalue weighted by atomic mass is 10.2. The van der Waals surface area contributed by atoms with Crippen molar-refractivity contribution in [2.75, 3.05) is 18.5 Å². The highest BCUT2D eigenvalue weighted by Crippen LogP contribution is 2.24. The van der Waals surface area contributed by atoms with Gasteiger partial charge in [-0.25, -0.2) is 8.78 Å². The number of rotatable bonds is 3. The number of hydrogen-bond acceptors (Lipinski definition) is 2. The van der Waals surface area contributed by atoms with Crippen LogP contribution in [0.25, 0.3) is 0 Å². The second-order valence-electron chi connectivity index (χ2n) is 3.76. The summed E-state index contributed by atoms with van der Waals surface area (Å²) in [4.78, 5) is 0. The molecule has 0 bridgehead atoms. The van der Waals surface area contributed by atoms with Crippen LogP contribution in [-0.4, -0.2) is 19.3 Å². The lowest BCUT2D eigenvalue weighted by Gasteiger charge is -2.12. The van der Waals surface area contributed by atoms with E-state index in [1.165, 1.54) is 6.07 Å². The van der Waals surface area contributed by atoms with E-state index in [0.29, 0.717) is 12.2 Å². The van der Waals surface area contributed by atoms with Crippen LogP contribution >= 0.6 is 15.9 Å². The maximum absolute atomic E-state index is 13.3. The molecule has 0 radical (unpaired) electrons. The summed E-state index contributed by atoms with van der Waals surface area (Å²) >= 11 is 3.02. The van der Waals surface area contributed by atoms with Crippen LogP contribution in [0.15, 0.2) is 16.6 Å². The van der Waals surface area contributed by atoms with E-state index in [2.05, 4.69) is 21.2 Å². The van der Waals surface area contributed by atoms with Crippen molar-refractivity contribution in [2.24, 2.45) is 0 Å². The summed E-state index contributed by atoms with van der Waals surface area (Å²) in [7, 11) is 0. The average Bonchev–Trinajstić information content (AvgIpc) is 2.74. The number of ether oxygens (including phenoxy) is 1. The minimum Gasteiger partial charge on any atom is -0.380 e. The van der Waals surface area contributed by atoms with Crippen LogP contribution in [0.1, 0.15) is 12.8 Å². The maximum Gasteiger partial charge on any atom is 0.149 e. The van der Waals surface area contributed by atoms with Gasteiger partial charge in [0.15, 0.2) is 0 Å². The van der Waals surface area contributed by atoms with Gasteiger partial charge < -0.3 is 10.1 Å². The first-order chi connectivity index (χ1) is 7.66. The summed E-state index contributed by atoms with van der Waals surface area (Å²) in [5.41, 5.74) is 0.295. The van der Waals surface area contributed by atoms with Crippen molar-refractivity contribution in [3.63, 3.8) is 0 Å². The zero-order valence-corrected chi connectivity index (χ0v) is 10.2. The summed E-state index contributed by atoms with van der Waals surface area (Å²) < 4.78 is 32.0. The molecule has 1 fully saturated rings. The minimum atomic E-state index is -0.597. The molecule has 0 saturated carbocycles. The minimum absolute atomic E-state index is 0.128. The number of anilines is 1. The fourth-order valence-corrected chi connectivity index (χ4v) is 2.03. The third-order valence-corrected chi connectivity index (χ3v) is 3.16. The molecule has 1 aromatic carbocycles. The van der Waals surface area contributed by atoms with Crippen LogP contribution in [0, 0.1) is 11.6 Å². The molecule has 2 rings (SSSR count). The molecule has 0 aliphatic carbocycles. The van der Waals surface area contributed by atoms with Gasteiger partial charge in [0, 0.05) is 19.2 Å². The standard InChI is InChI=1S/C11H12BrF2NO/c12-8-4-11(10(14)5-9(8)13)15-6-7-2-1-3-16-7/h4-5,7,15H,1-3,6H2. The topological polar surface area (TPSA) is 21.3 Å². The lowest BCUT2D eigenvalue weighted by molar-refractivity contribution is 0.120. The summed E-state index contributed by atoms with van der Waals surface area (Å²) in [5.74, 6) is -1.18. The van der Waals surface area contributed by atoms with Crippen molar-refractivity contribution >= 4 is 21.6 Å². The largest absolute Gasteiger partial charge is 0.380 e. The molecule has 1 aromatic rings. The van der Waals surface area contributed by atoms with Gasteiger partial charge in [-0.1, -0.05) is 0 Å². The predicted molar refractivity (Wildman–Crippen MR) is 61.5 cm³/mol. The maximum atomic E-state index is 13.3. The summed E-state index contributed by atoms with van der Waals surface area (Å²) in [6.07, 6.45) is 2.15. The van der Waals surface area contributed by atoms with Crippen LogP contribution in [-0.2, 0) is 4.74 Å². The van der Waals surface area contributed by atoms with E-state index in [1.54, 1.807) is 0 Å². The number of halogens is 3. The smallest absolute Gasteiger partial charge is 0.149 e. The third kappa shape index (κ3) is 2.71. The number of nitrogens with one attached hydrogen (secondary N) is 1. The zero-order chi connectivity index (χ0) is 11.5. The lowest BCUT2D eigenvalue weighted by Crippen LogP contribution is -2.19. The Bertz CT molecular complexity index is 380. The first-order valence-corrected chi connectivity index (χ1v) is 5.96. The molecule has 0 amide bonds. The molecule has 0 aromatic heterocycles. The molecule has 1 N–H and O–H groups in total. The molecular formula is C11H12BrF2NO. The highest BCUT2D eigenvalue weighted by atomic mass is 79.9. The Balaban J connectivity index is 2.00. The van der Waals surface area contributed by atoms with E-state index >= 15 is 0 Å². The molecule has 16 heavy (non-hydrogen) atoms. The van der Waals surface area contributed by atoms with Crippen molar-refractivity contribution in [3.05, 3.63) is 28.2 Å². The van der Waals surface area contributed by atoms with Crippen molar-refractivity contribution in [1.29, 1.82) is 0 Å². The SMILES string of the molecule is Fc1cc(F)c(NCC2CCCO2)cc1Br. The molecule has 0 spiro atoms. The van der Waals surface area contributed by atoms with Crippen molar-refractivity contribution in [1.82, 2.24) is 0 Å². The van der Waals surface area contributed by atoms with Gasteiger partial charge in [0.1, 0.15) is 11.6 Å². The quantitative estimate of drug-likeness (QED) is 0.863. The van der Waals surface area contributed by atoms with Crippen LogP contribution in [0.3, 0.4) is 0 Å². The van der Waals surface area contributed by atoms with Crippen LogP contribution in [0.2, 0.25) is 0 Å². The van der Waals surface area contributed by atoms with Crippen molar-refractivity contribution in [3.8, 4) is 0 Å². The Morgan fingerprint density at radius 2 is 2.19 bits per heavy atom. The molecule has 2 nitrogen and oxygen atoms in total. The van der Waals surface area contributed by atoms with Crippen molar-refractivity contribution < 1.29 is 13.5 Å². The summed E-state index contributed by atoms with van der Waals surface area (Å²) in [6.45, 7) is 1.32. The normalized spacial score (nSPS) is 20.1. The molecule has 1 atom stereocenters. The average molecular weight is 292 g/mol. The van der Waals surface area contributed by atoms with Gasteiger partial charge in [-0.05, 0) is 34.8 Å². The highest BCUT2D eigenvalue weighted by molar-refractivity contribution is 9.10. The predicted octanol–water partition coefficient (Wildman–Crippen LogP) is 3.32. The third-order valence-electron chi connectivity index (χ3n) is 2.55. The highest BCUT2D eigenvalue weighted by Gasteiger charge is 2.16. The Morgan fingerprint density at radius 3 is 2.88 bits per heavy atom. The van der Waals surface area contributed by atoms with Gasteiger partial charge in [-0.15, -0.1) is 0 Å². The molecular weight excluding hydrogens is 280 g/mol. The molecule has 88 valence electrons. The van der Waals surface area contributed by atoms with Gasteiger partial charge >= 0.3 is 0 Å². The fourth-order valence-electron chi connectivity index (χ4n) is 1.69. The Morgan fingerprint density at radius 1 is 1.38 bits per heavy atom. The van der Waals surface area contributed by atoms with Crippen LogP contribution in [0.5, 0.6) is 0 Å². The van der Waals surface area contributed by atoms with Gasteiger partial charge in [0.25, 0.3) is 0 Å². The monoisotopic (exact) mass is 291 g/mol. The van der Waals surface area contributed by atoms with E-state index in [1.807, 2.05) is 0 Å². The second kappa shape index (κ2) is 5.10. The van der Waals surface area contributed by atoms with Gasteiger partial charge in [-0.2, -0.15) is 0 Å². The molecule has 1 aliphatic rings. The fraction of sp³-hybridized carbons (Fsp3) is 0.455. The van der Waals surface area contributed by atoms with Gasteiger partial charge in [0.2, 0.25) is 0 Å². The van der Waals surface area contributed by atoms with Gasteiger partial charge in [-0.3, -0.25) is 0 Å². The van der Waals surface area contributed by atoms with Gasteiger partial charge in [0.05, 0.1) is 16.3 Å². The zero-order valence-electron chi connectivity index (χ0n) is 8.60. The summed E-state index contributed by atoms with van der Waals surface area (Å²) in [6, 6.07) is 2.27. The van der Waals surface area contributed by atoms with Crippen LogP contribution < -0.4 is 5.32 Å². The van der Waals surface area contributed by atoms with E-state index < -0.39 is 11.6 Å². The Kier molecular flexibility index (Phi) is 3.76. The van der Waals surface area contributed by atoms with E-state index in [9.17, 15) is 8.78 Å². The number of benzene rings is 1. The number of hydrogen-bond donors (Lipinski definition) is 1. The first-order valence-electron chi connectivity index (χ1n) is 5.17. The van der Waals surface area contributed by atoms with Crippen LogP contribution in [0.4, 0.5) is 14.5 Å². The Hall–Kier alpha value is -0.680. The molecule has 1 unspecified atom stereocenters. The molecule has 1 heterocycles. The first kappa shape index (κ1) is 11.8. The Labute approximate surface area is 101 Å². The van der Waals surface area contributed by atoms with E-state index in [0.717, 1.165) is 25.5 Å². The molecule has 1 saturated heterocycles. The molecule has 5 heteroatoms. The van der Waals surface area contributed by atoms with E-state index in [-0.39, 0.29) is 10.6 Å². The molecule has 1 aliphatic heterocycles. The van der Waals surface area contributed by atoms with Crippen molar-refractivity contribution in [2.45, 2.75) is 18.9 Å². The van der Waals surface area contributed by atoms with E-state index in [4.69, 9.17) is 4.74 Å².